The zero-order valence-corrected chi connectivity index (χ0v) is 15.9. The van der Waals surface area contributed by atoms with Gasteiger partial charge in [0.05, 0.1) is 5.52 Å². The second kappa shape index (κ2) is 6.86. The average molecular weight is 358 g/mol. The van der Waals surface area contributed by atoms with Crippen LogP contribution < -0.4 is 0 Å². The Balaban J connectivity index is 1.52. The van der Waals surface area contributed by atoms with Gasteiger partial charge in [-0.25, -0.2) is 0 Å². The number of benzene rings is 2. The van der Waals surface area contributed by atoms with E-state index in [1.807, 2.05) is 6.20 Å². The van der Waals surface area contributed by atoms with Crippen LogP contribution in [0.1, 0.15) is 36.9 Å². The summed E-state index contributed by atoms with van der Waals surface area (Å²) in [6.45, 7) is 6.53. The topological polar surface area (TPSA) is 36.9 Å². The Labute approximate surface area is 159 Å². The normalized spacial score (nSPS) is 18.5. The molecule has 0 amide bonds. The molecule has 1 fully saturated rings. The lowest BCUT2D eigenvalue weighted by Crippen LogP contribution is -2.34. The summed E-state index contributed by atoms with van der Waals surface area (Å²) in [6.07, 6.45) is 4.36. The largest absolute Gasteiger partial charge is 0.340 e. The minimum Gasteiger partial charge on any atom is -0.340 e. The minimum atomic E-state index is 0.567. The van der Waals surface area contributed by atoms with Crippen LogP contribution in [0.25, 0.3) is 21.8 Å². The lowest BCUT2D eigenvalue weighted by molar-refractivity contribution is 0.199. The number of aromatic amines is 1. The van der Waals surface area contributed by atoms with Crippen LogP contribution in [0.2, 0.25) is 0 Å². The Morgan fingerprint density at radius 3 is 2.81 bits per heavy atom. The monoisotopic (exact) mass is 358 g/mol. The van der Waals surface area contributed by atoms with Gasteiger partial charge in [0, 0.05) is 53.7 Å². The third-order valence-electron chi connectivity index (χ3n) is 6.05. The molecule has 4 nitrogen and oxygen atoms in total. The Kier molecular flexibility index (Phi) is 4.21. The summed E-state index contributed by atoms with van der Waals surface area (Å²) in [7, 11) is 0. The maximum atomic E-state index is 4.15. The highest BCUT2D eigenvalue weighted by molar-refractivity contribution is 6.09. The first-order valence-corrected chi connectivity index (χ1v) is 10.1. The van der Waals surface area contributed by atoms with Crippen molar-refractivity contribution in [1.29, 1.82) is 0 Å². The summed E-state index contributed by atoms with van der Waals surface area (Å²) in [5, 5.41) is 10.1. The zero-order valence-electron chi connectivity index (χ0n) is 15.9. The molecule has 1 N–H and O–H groups in total. The van der Waals surface area contributed by atoms with Gasteiger partial charge in [-0.2, -0.15) is 5.10 Å². The van der Waals surface area contributed by atoms with Crippen LogP contribution in [0.4, 0.5) is 0 Å². The van der Waals surface area contributed by atoms with Gasteiger partial charge in [0.25, 0.3) is 0 Å². The lowest BCUT2D eigenvalue weighted by atomic mass is 9.94. The van der Waals surface area contributed by atoms with E-state index in [1.54, 1.807) is 0 Å². The van der Waals surface area contributed by atoms with Gasteiger partial charge >= 0.3 is 0 Å². The van der Waals surface area contributed by atoms with Gasteiger partial charge in [0.2, 0.25) is 0 Å². The molecule has 0 saturated carbocycles. The number of rotatable bonds is 4. The number of hydrogen-bond donors (Lipinski definition) is 1. The second-order valence-electron chi connectivity index (χ2n) is 7.66. The number of nitrogens with zero attached hydrogens (tertiary/aromatic N) is 3. The van der Waals surface area contributed by atoms with Crippen molar-refractivity contribution in [1.82, 2.24) is 19.7 Å². The molecule has 27 heavy (non-hydrogen) atoms. The van der Waals surface area contributed by atoms with E-state index < -0.39 is 0 Å². The summed E-state index contributed by atoms with van der Waals surface area (Å²) in [5.41, 5.74) is 5.47. The Morgan fingerprint density at radius 1 is 1.07 bits per heavy atom. The summed E-state index contributed by atoms with van der Waals surface area (Å²) < 4.78 is 2.48. The fourth-order valence-corrected chi connectivity index (χ4v) is 4.83. The first-order valence-electron chi connectivity index (χ1n) is 10.1. The average Bonchev–Trinajstić information content (AvgIpc) is 3.35. The molecule has 1 atom stereocenters. The molecule has 2 aromatic carbocycles. The van der Waals surface area contributed by atoms with E-state index >= 15 is 0 Å². The van der Waals surface area contributed by atoms with Gasteiger partial charge in [0.15, 0.2) is 0 Å². The molecule has 1 aliphatic heterocycles. The number of hydrogen-bond acceptors (Lipinski definition) is 2. The number of aromatic nitrogens is 3. The number of aryl methyl sites for hydroxylation is 1. The molecule has 1 unspecified atom stereocenters. The van der Waals surface area contributed by atoms with E-state index in [9.17, 15) is 0 Å². The number of nitrogens with one attached hydrogen (secondary N) is 1. The molecular weight excluding hydrogens is 332 g/mol. The van der Waals surface area contributed by atoms with Crippen molar-refractivity contribution in [2.45, 2.75) is 38.8 Å². The van der Waals surface area contributed by atoms with E-state index in [4.69, 9.17) is 0 Å². The maximum absolute atomic E-state index is 4.15. The molecule has 138 valence electrons. The molecule has 1 saturated heterocycles. The van der Waals surface area contributed by atoms with Gasteiger partial charge in [-0.15, -0.1) is 0 Å². The van der Waals surface area contributed by atoms with Crippen LogP contribution in [0.3, 0.4) is 0 Å². The lowest BCUT2D eigenvalue weighted by Gasteiger charge is -2.32. The smallest absolute Gasteiger partial charge is 0.0536 e. The SMILES string of the molecule is CCn1c2ccccc2c2cccc(CN3CCCC(c4ccn[nH]4)C3)c21. The van der Waals surface area contributed by atoms with Crippen molar-refractivity contribution >= 4 is 21.8 Å². The first kappa shape index (κ1) is 16.6. The molecule has 3 heterocycles. The third-order valence-corrected chi connectivity index (χ3v) is 6.05. The van der Waals surface area contributed by atoms with Crippen molar-refractivity contribution in [3.05, 3.63) is 66.0 Å². The summed E-state index contributed by atoms with van der Waals surface area (Å²) in [6, 6.07) is 17.7. The van der Waals surface area contributed by atoms with Crippen molar-refractivity contribution < 1.29 is 0 Å². The van der Waals surface area contributed by atoms with Crippen LogP contribution in [-0.2, 0) is 13.1 Å². The van der Waals surface area contributed by atoms with E-state index in [1.165, 1.54) is 52.4 Å². The molecule has 1 aliphatic rings. The number of piperidine rings is 1. The maximum Gasteiger partial charge on any atom is 0.0536 e. The number of likely N-dealkylation sites (tertiary alicyclic amines) is 1. The van der Waals surface area contributed by atoms with Gasteiger partial charge in [-0.05, 0) is 44.0 Å². The summed E-state index contributed by atoms with van der Waals surface area (Å²) in [4.78, 5) is 2.61. The third kappa shape index (κ3) is 2.85. The molecule has 0 aliphatic carbocycles. The molecule has 4 aromatic rings. The molecule has 0 radical (unpaired) electrons. The number of para-hydroxylation sites is 2. The van der Waals surface area contributed by atoms with Crippen LogP contribution in [0.15, 0.2) is 54.7 Å². The zero-order chi connectivity index (χ0) is 18.2. The molecule has 2 aromatic heterocycles. The fraction of sp³-hybridized carbons (Fsp3) is 0.348. The number of H-pyrrole nitrogens is 1. The van der Waals surface area contributed by atoms with E-state index in [0.29, 0.717) is 5.92 Å². The van der Waals surface area contributed by atoms with Crippen LogP contribution in [0, 0.1) is 0 Å². The first-order chi connectivity index (χ1) is 13.3. The molecule has 4 heteroatoms. The molecular formula is C23H26N4. The molecule has 0 spiro atoms. The highest BCUT2D eigenvalue weighted by Gasteiger charge is 2.23. The van der Waals surface area contributed by atoms with Gasteiger partial charge in [0.1, 0.15) is 0 Å². The van der Waals surface area contributed by atoms with Crippen molar-refractivity contribution in [3.8, 4) is 0 Å². The van der Waals surface area contributed by atoms with Crippen molar-refractivity contribution in [3.63, 3.8) is 0 Å². The van der Waals surface area contributed by atoms with Crippen LogP contribution in [-0.4, -0.2) is 32.8 Å². The molecule has 5 rings (SSSR count). The van der Waals surface area contributed by atoms with Crippen LogP contribution in [0.5, 0.6) is 0 Å². The summed E-state index contributed by atoms with van der Waals surface area (Å²) >= 11 is 0. The van der Waals surface area contributed by atoms with Crippen molar-refractivity contribution in [2.75, 3.05) is 13.1 Å². The van der Waals surface area contributed by atoms with Gasteiger partial charge in [-0.3, -0.25) is 10.00 Å². The fourth-order valence-electron chi connectivity index (χ4n) is 4.83. The van der Waals surface area contributed by atoms with E-state index in [0.717, 1.165) is 19.6 Å². The highest BCUT2D eigenvalue weighted by atomic mass is 15.2. The minimum absolute atomic E-state index is 0.567. The quantitative estimate of drug-likeness (QED) is 0.562. The Bertz CT molecular complexity index is 1060. The predicted octanol–water partition coefficient (Wildman–Crippen LogP) is 4.92. The predicted molar refractivity (Wildman–Crippen MR) is 111 cm³/mol. The Morgan fingerprint density at radius 2 is 1.96 bits per heavy atom. The summed E-state index contributed by atoms with van der Waals surface area (Å²) in [5.74, 6) is 0.567. The van der Waals surface area contributed by atoms with Crippen LogP contribution >= 0.6 is 0 Å². The van der Waals surface area contributed by atoms with Crippen molar-refractivity contribution in [2.24, 2.45) is 0 Å². The second-order valence-corrected chi connectivity index (χ2v) is 7.66. The van der Waals surface area contributed by atoms with Gasteiger partial charge < -0.3 is 4.57 Å². The van der Waals surface area contributed by atoms with E-state index in [-0.39, 0.29) is 0 Å². The highest BCUT2D eigenvalue weighted by Crippen LogP contribution is 2.33. The Hall–Kier alpha value is -2.59. The molecule has 0 bridgehead atoms. The standard InChI is InChI=1S/C23H26N4/c1-2-27-22-11-4-3-9-19(22)20-10-5-7-18(23(20)27)16-26-14-6-8-17(15-26)21-12-13-24-25-21/h3-5,7,9-13,17H,2,6,8,14-16H2,1H3,(H,24,25). The van der Waals surface area contributed by atoms with Gasteiger partial charge in [-0.1, -0.05) is 36.4 Å². The van der Waals surface area contributed by atoms with E-state index in [2.05, 4.69) is 75.1 Å². The number of fused-ring (bicyclic) bond motifs is 3.